The van der Waals surface area contributed by atoms with Gasteiger partial charge in [0.25, 0.3) is 0 Å². The van der Waals surface area contributed by atoms with Crippen molar-refractivity contribution in [2.75, 3.05) is 7.11 Å². The summed E-state index contributed by atoms with van der Waals surface area (Å²) >= 11 is 1.74. The lowest BCUT2D eigenvalue weighted by molar-refractivity contribution is 0.416. The maximum absolute atomic E-state index is 5.11. The number of ether oxygens (including phenoxy) is 1. The molecule has 1 N–H and O–H groups in total. The van der Waals surface area contributed by atoms with Gasteiger partial charge in [-0.25, -0.2) is 0 Å². The fourth-order valence-electron chi connectivity index (χ4n) is 0.979. The molecule has 13 heavy (non-hydrogen) atoms. The second kappa shape index (κ2) is 5.25. The summed E-state index contributed by atoms with van der Waals surface area (Å²) in [7, 11) is 1.70. The van der Waals surface area contributed by atoms with Crippen LogP contribution in [-0.4, -0.2) is 13.2 Å². The summed E-state index contributed by atoms with van der Waals surface area (Å²) in [4.78, 5) is 1.33. The molecule has 0 fully saturated rings. The second-order valence-electron chi connectivity index (χ2n) is 3.14. The zero-order chi connectivity index (χ0) is 9.68. The van der Waals surface area contributed by atoms with Crippen molar-refractivity contribution in [1.29, 1.82) is 0 Å². The van der Waals surface area contributed by atoms with Crippen molar-refractivity contribution in [1.82, 2.24) is 5.32 Å². The summed E-state index contributed by atoms with van der Waals surface area (Å²) in [6.45, 7) is 5.33. The third kappa shape index (κ3) is 3.36. The van der Waals surface area contributed by atoms with E-state index in [1.807, 2.05) is 5.38 Å². The number of hydrogen-bond acceptors (Lipinski definition) is 3. The Morgan fingerprint density at radius 1 is 1.62 bits per heavy atom. The average molecular weight is 199 g/mol. The van der Waals surface area contributed by atoms with E-state index < -0.39 is 0 Å². The molecule has 0 amide bonds. The van der Waals surface area contributed by atoms with E-state index in [0.717, 1.165) is 12.3 Å². The van der Waals surface area contributed by atoms with Crippen LogP contribution in [0.4, 0.5) is 0 Å². The highest BCUT2D eigenvalue weighted by Crippen LogP contribution is 2.20. The minimum absolute atomic E-state index is 0.591. The molecule has 74 valence electrons. The molecule has 0 radical (unpaired) electrons. The lowest BCUT2D eigenvalue weighted by Gasteiger charge is -2.09. The van der Waals surface area contributed by atoms with Crippen LogP contribution in [0.3, 0.4) is 0 Å². The predicted octanol–water partition coefficient (Wildman–Crippen LogP) is 2.64. The smallest absolute Gasteiger partial charge is 0.129 e. The maximum atomic E-state index is 5.11. The largest absolute Gasteiger partial charge is 0.496 e. The molecule has 0 spiro atoms. The van der Waals surface area contributed by atoms with Crippen molar-refractivity contribution in [2.24, 2.45) is 0 Å². The van der Waals surface area contributed by atoms with Crippen LogP contribution in [0.15, 0.2) is 11.4 Å². The first kappa shape index (κ1) is 10.5. The van der Waals surface area contributed by atoms with E-state index in [0.29, 0.717) is 6.04 Å². The van der Waals surface area contributed by atoms with Gasteiger partial charge in [-0.05, 0) is 19.4 Å². The lowest BCUT2D eigenvalue weighted by atomic mass is 10.2. The fraction of sp³-hybridized carbons (Fsp3) is 0.600. The molecule has 0 aliphatic rings. The molecule has 0 bridgehead atoms. The number of thiophene rings is 1. The molecule has 0 aliphatic carbocycles. The van der Waals surface area contributed by atoms with Gasteiger partial charge in [0.1, 0.15) is 5.75 Å². The quantitative estimate of drug-likeness (QED) is 0.787. The molecule has 0 aromatic carbocycles. The summed E-state index contributed by atoms with van der Waals surface area (Å²) in [5.41, 5.74) is 0. The molecule has 0 saturated carbocycles. The van der Waals surface area contributed by atoms with Crippen LogP contribution in [0, 0.1) is 0 Å². The van der Waals surface area contributed by atoms with Crippen LogP contribution < -0.4 is 10.1 Å². The van der Waals surface area contributed by atoms with Crippen molar-refractivity contribution in [3.8, 4) is 5.75 Å². The van der Waals surface area contributed by atoms with Gasteiger partial charge in [0.15, 0.2) is 0 Å². The van der Waals surface area contributed by atoms with Crippen LogP contribution in [0.5, 0.6) is 5.75 Å². The molecule has 0 aliphatic heterocycles. The summed E-state index contributed by atoms with van der Waals surface area (Å²) in [6, 6.07) is 2.67. The van der Waals surface area contributed by atoms with E-state index in [9.17, 15) is 0 Å². The van der Waals surface area contributed by atoms with Gasteiger partial charge in [-0.1, -0.05) is 6.92 Å². The average Bonchev–Trinajstić information content (AvgIpc) is 2.61. The Kier molecular flexibility index (Phi) is 4.25. The molecule has 0 saturated heterocycles. The molecular weight excluding hydrogens is 182 g/mol. The first-order valence-electron chi connectivity index (χ1n) is 4.61. The fourth-order valence-corrected chi connectivity index (χ4v) is 1.76. The Labute approximate surface area is 83.9 Å². The third-order valence-electron chi connectivity index (χ3n) is 2.10. The van der Waals surface area contributed by atoms with Crippen molar-refractivity contribution in [3.63, 3.8) is 0 Å². The third-order valence-corrected chi connectivity index (χ3v) is 3.02. The Morgan fingerprint density at radius 3 is 2.92 bits per heavy atom. The van der Waals surface area contributed by atoms with Gasteiger partial charge in [-0.3, -0.25) is 0 Å². The molecule has 1 heterocycles. The van der Waals surface area contributed by atoms with Crippen molar-refractivity contribution in [3.05, 3.63) is 16.3 Å². The van der Waals surface area contributed by atoms with E-state index >= 15 is 0 Å². The SMILES string of the molecule is CCC(C)NCc1cc(OC)cs1. The molecule has 1 rings (SSSR count). The molecule has 3 heteroatoms. The van der Waals surface area contributed by atoms with E-state index in [1.54, 1.807) is 18.4 Å². The minimum atomic E-state index is 0.591. The Hall–Kier alpha value is -0.540. The zero-order valence-corrected chi connectivity index (χ0v) is 9.28. The standard InChI is InChI=1S/C10H17NOS/c1-4-8(2)11-6-10-5-9(12-3)7-13-10/h5,7-8,11H,4,6H2,1-3H3. The van der Waals surface area contributed by atoms with Gasteiger partial charge in [-0.2, -0.15) is 0 Å². The van der Waals surface area contributed by atoms with Crippen LogP contribution >= 0.6 is 11.3 Å². The highest BCUT2D eigenvalue weighted by Gasteiger charge is 2.01. The highest BCUT2D eigenvalue weighted by atomic mass is 32.1. The Balaban J connectivity index is 2.36. The van der Waals surface area contributed by atoms with Gasteiger partial charge in [-0.15, -0.1) is 11.3 Å². The first-order chi connectivity index (χ1) is 6.26. The molecule has 2 nitrogen and oxygen atoms in total. The van der Waals surface area contributed by atoms with Gasteiger partial charge >= 0.3 is 0 Å². The Bertz CT molecular complexity index is 247. The van der Waals surface area contributed by atoms with Crippen molar-refractivity contribution >= 4 is 11.3 Å². The first-order valence-corrected chi connectivity index (χ1v) is 5.49. The van der Waals surface area contributed by atoms with Crippen LogP contribution in [0.25, 0.3) is 0 Å². The zero-order valence-electron chi connectivity index (χ0n) is 8.46. The number of nitrogens with one attached hydrogen (secondary N) is 1. The summed E-state index contributed by atoms with van der Waals surface area (Å²) < 4.78 is 5.11. The van der Waals surface area contributed by atoms with Gasteiger partial charge in [0.05, 0.1) is 7.11 Å². The normalized spacial score (nSPS) is 12.8. The molecule has 1 aromatic heterocycles. The summed E-state index contributed by atoms with van der Waals surface area (Å²) in [6.07, 6.45) is 1.17. The summed E-state index contributed by atoms with van der Waals surface area (Å²) in [5.74, 6) is 0.964. The monoisotopic (exact) mass is 199 g/mol. The molecule has 1 unspecified atom stereocenters. The molecule has 1 atom stereocenters. The number of methoxy groups -OCH3 is 1. The summed E-state index contributed by atoms with van der Waals surface area (Å²) in [5, 5.41) is 5.48. The van der Waals surface area contributed by atoms with E-state index in [2.05, 4.69) is 25.2 Å². The lowest BCUT2D eigenvalue weighted by Crippen LogP contribution is -2.23. The number of hydrogen-bond donors (Lipinski definition) is 1. The molecular formula is C10H17NOS. The molecule has 1 aromatic rings. The van der Waals surface area contributed by atoms with E-state index in [4.69, 9.17) is 4.74 Å². The highest BCUT2D eigenvalue weighted by molar-refractivity contribution is 7.10. The van der Waals surface area contributed by atoms with Gasteiger partial charge in [0, 0.05) is 22.8 Å². The van der Waals surface area contributed by atoms with Crippen molar-refractivity contribution in [2.45, 2.75) is 32.9 Å². The van der Waals surface area contributed by atoms with Crippen LogP contribution in [-0.2, 0) is 6.54 Å². The second-order valence-corrected chi connectivity index (χ2v) is 4.14. The van der Waals surface area contributed by atoms with Gasteiger partial charge < -0.3 is 10.1 Å². The number of rotatable bonds is 5. The maximum Gasteiger partial charge on any atom is 0.129 e. The predicted molar refractivity (Wildman–Crippen MR) is 57.5 cm³/mol. The van der Waals surface area contributed by atoms with E-state index in [1.165, 1.54) is 11.3 Å². The van der Waals surface area contributed by atoms with Crippen LogP contribution in [0.2, 0.25) is 0 Å². The minimum Gasteiger partial charge on any atom is -0.496 e. The van der Waals surface area contributed by atoms with E-state index in [-0.39, 0.29) is 0 Å². The van der Waals surface area contributed by atoms with Gasteiger partial charge in [0.2, 0.25) is 0 Å². The van der Waals surface area contributed by atoms with Crippen LogP contribution in [0.1, 0.15) is 25.1 Å². The topological polar surface area (TPSA) is 21.3 Å². The van der Waals surface area contributed by atoms with Crippen molar-refractivity contribution < 1.29 is 4.74 Å². The Morgan fingerprint density at radius 2 is 2.38 bits per heavy atom.